The molecule has 19 heavy (non-hydrogen) atoms. The second-order valence-electron chi connectivity index (χ2n) is 4.55. The second-order valence-corrected chi connectivity index (χ2v) is 4.55. The van der Waals surface area contributed by atoms with Gasteiger partial charge in [-0.2, -0.15) is 0 Å². The zero-order valence-corrected chi connectivity index (χ0v) is 10.5. The number of nitrogens with one attached hydrogen (secondary N) is 2. The van der Waals surface area contributed by atoms with Crippen LogP contribution in [0.15, 0.2) is 23.1 Å². The summed E-state index contributed by atoms with van der Waals surface area (Å²) in [7, 11) is 0. The summed E-state index contributed by atoms with van der Waals surface area (Å²) in [6.07, 6.45) is 3.12. The van der Waals surface area contributed by atoms with E-state index in [0.717, 1.165) is 16.8 Å². The molecular formula is C13H18N2O4. The van der Waals surface area contributed by atoms with Gasteiger partial charge in [0, 0.05) is 30.1 Å². The minimum absolute atomic E-state index is 0.00843. The molecule has 1 aliphatic carbocycles. The number of aromatic nitrogens is 1. The topological polar surface area (TPSA) is 106 Å². The Balaban J connectivity index is 2.03. The van der Waals surface area contributed by atoms with Crippen molar-refractivity contribution in [3.63, 3.8) is 0 Å². The first-order valence-electron chi connectivity index (χ1n) is 6.20. The fourth-order valence-electron chi connectivity index (χ4n) is 2.18. The molecule has 1 aromatic heterocycles. The van der Waals surface area contributed by atoms with Crippen LogP contribution in [0.4, 0.5) is 0 Å². The summed E-state index contributed by atoms with van der Waals surface area (Å²) in [4.78, 5) is 14.7. The van der Waals surface area contributed by atoms with Gasteiger partial charge in [0.15, 0.2) is 5.43 Å². The number of H-pyrrole nitrogens is 1. The van der Waals surface area contributed by atoms with Crippen molar-refractivity contribution in [3.8, 4) is 0 Å². The highest BCUT2D eigenvalue weighted by Crippen LogP contribution is 2.21. The number of fused-ring (bicyclic) bond motifs is 1. The van der Waals surface area contributed by atoms with Crippen molar-refractivity contribution in [2.24, 2.45) is 0 Å². The average Bonchev–Trinajstić information content (AvgIpc) is 2.84. The normalized spacial score (nSPS) is 16.9. The van der Waals surface area contributed by atoms with Crippen molar-refractivity contribution in [2.75, 3.05) is 19.8 Å². The molecule has 0 spiro atoms. The van der Waals surface area contributed by atoms with Crippen molar-refractivity contribution in [2.45, 2.75) is 18.6 Å². The number of aromatic amines is 1. The Kier molecular flexibility index (Phi) is 4.49. The molecule has 1 aliphatic rings. The Morgan fingerprint density at radius 2 is 2.16 bits per heavy atom. The Morgan fingerprint density at radius 1 is 1.37 bits per heavy atom. The van der Waals surface area contributed by atoms with Crippen LogP contribution in [-0.2, 0) is 6.42 Å². The first-order chi connectivity index (χ1) is 9.17. The monoisotopic (exact) mass is 266 g/mol. The summed E-state index contributed by atoms with van der Waals surface area (Å²) in [6, 6.07) is 0.903. The fraction of sp³-hybridized carbons (Fsp3) is 0.462. The minimum Gasteiger partial charge on any atom is -0.395 e. The van der Waals surface area contributed by atoms with Gasteiger partial charge in [-0.1, -0.05) is 6.08 Å². The van der Waals surface area contributed by atoms with Gasteiger partial charge in [-0.15, -0.1) is 0 Å². The SMILES string of the molecule is O=c1cc[nH]c2c1CC=C2CN[C@H](CO)[C@H](O)CO. The predicted octanol–water partition coefficient (Wildman–Crippen LogP) is -1.38. The molecule has 104 valence electrons. The number of aliphatic hydroxyl groups is 3. The lowest BCUT2D eigenvalue weighted by atomic mass is 10.1. The molecular weight excluding hydrogens is 248 g/mol. The van der Waals surface area contributed by atoms with Gasteiger partial charge < -0.3 is 25.6 Å². The van der Waals surface area contributed by atoms with Gasteiger partial charge in [0.2, 0.25) is 0 Å². The Hall–Kier alpha value is -1.47. The van der Waals surface area contributed by atoms with E-state index in [1.807, 2.05) is 6.08 Å². The maximum atomic E-state index is 11.6. The summed E-state index contributed by atoms with van der Waals surface area (Å²) in [5.74, 6) is 0. The number of rotatable bonds is 6. The fourth-order valence-corrected chi connectivity index (χ4v) is 2.18. The van der Waals surface area contributed by atoms with E-state index in [1.54, 1.807) is 6.20 Å². The number of hydrogen-bond donors (Lipinski definition) is 5. The van der Waals surface area contributed by atoms with Crippen LogP contribution >= 0.6 is 0 Å². The molecule has 0 radical (unpaired) electrons. The van der Waals surface area contributed by atoms with E-state index in [9.17, 15) is 9.90 Å². The Bertz CT molecular complexity index is 524. The van der Waals surface area contributed by atoms with Gasteiger partial charge in [-0.25, -0.2) is 0 Å². The molecule has 0 aromatic carbocycles. The Morgan fingerprint density at radius 3 is 2.84 bits per heavy atom. The van der Waals surface area contributed by atoms with Crippen LogP contribution in [0.3, 0.4) is 0 Å². The van der Waals surface area contributed by atoms with Crippen molar-refractivity contribution in [1.82, 2.24) is 10.3 Å². The number of allylic oxidation sites excluding steroid dienone is 1. The van der Waals surface area contributed by atoms with Crippen molar-refractivity contribution in [3.05, 3.63) is 39.8 Å². The largest absolute Gasteiger partial charge is 0.395 e. The lowest BCUT2D eigenvalue weighted by molar-refractivity contribution is 0.0432. The van der Waals surface area contributed by atoms with Gasteiger partial charge in [0.1, 0.15) is 0 Å². The molecule has 5 N–H and O–H groups in total. The van der Waals surface area contributed by atoms with E-state index in [-0.39, 0.29) is 12.0 Å². The molecule has 0 bridgehead atoms. The van der Waals surface area contributed by atoms with E-state index >= 15 is 0 Å². The molecule has 0 aliphatic heterocycles. The average molecular weight is 266 g/mol. The predicted molar refractivity (Wildman–Crippen MR) is 70.7 cm³/mol. The van der Waals surface area contributed by atoms with E-state index < -0.39 is 18.8 Å². The highest BCUT2D eigenvalue weighted by atomic mass is 16.3. The molecule has 0 saturated heterocycles. The molecule has 2 rings (SSSR count). The second kappa shape index (κ2) is 6.12. The van der Waals surface area contributed by atoms with Crippen LogP contribution in [0.2, 0.25) is 0 Å². The molecule has 6 heteroatoms. The zero-order chi connectivity index (χ0) is 13.8. The van der Waals surface area contributed by atoms with Crippen LogP contribution in [0.25, 0.3) is 5.57 Å². The van der Waals surface area contributed by atoms with Gasteiger partial charge >= 0.3 is 0 Å². The van der Waals surface area contributed by atoms with E-state index in [0.29, 0.717) is 13.0 Å². The minimum atomic E-state index is -1.01. The molecule has 1 aromatic rings. The quantitative estimate of drug-likeness (QED) is 0.436. The molecule has 2 atom stereocenters. The number of hydrogen-bond acceptors (Lipinski definition) is 5. The summed E-state index contributed by atoms with van der Waals surface area (Å²) in [5, 5.41) is 30.4. The lowest BCUT2D eigenvalue weighted by Gasteiger charge is -2.21. The van der Waals surface area contributed by atoms with E-state index in [1.165, 1.54) is 6.07 Å². The third kappa shape index (κ3) is 2.93. The van der Waals surface area contributed by atoms with Gasteiger partial charge in [-0.3, -0.25) is 4.79 Å². The van der Waals surface area contributed by atoms with Gasteiger partial charge in [0.05, 0.1) is 25.4 Å². The lowest BCUT2D eigenvalue weighted by Crippen LogP contribution is -2.45. The molecule has 1 heterocycles. The molecule has 6 nitrogen and oxygen atoms in total. The smallest absolute Gasteiger partial charge is 0.185 e. The third-order valence-corrected chi connectivity index (χ3v) is 3.34. The first-order valence-corrected chi connectivity index (χ1v) is 6.20. The Labute approximate surface area is 110 Å². The standard InChI is InChI=1S/C13H18N2O4/c16-6-10(12(19)7-17)15-5-8-1-2-9-11(18)3-4-14-13(8)9/h1,3-4,10,12,15-17,19H,2,5-7H2,(H,14,18)/t10-,12-/m1/s1. The van der Waals surface area contributed by atoms with Crippen molar-refractivity contribution in [1.29, 1.82) is 0 Å². The van der Waals surface area contributed by atoms with Crippen LogP contribution in [0, 0.1) is 0 Å². The summed E-state index contributed by atoms with van der Waals surface area (Å²) in [6.45, 7) is -0.271. The van der Waals surface area contributed by atoms with Crippen LogP contribution in [0.5, 0.6) is 0 Å². The van der Waals surface area contributed by atoms with E-state index in [2.05, 4.69) is 10.3 Å². The number of pyridine rings is 1. The van der Waals surface area contributed by atoms with Crippen LogP contribution in [-0.4, -0.2) is 52.2 Å². The maximum Gasteiger partial charge on any atom is 0.185 e. The summed E-state index contributed by atoms with van der Waals surface area (Å²) >= 11 is 0. The molecule has 0 saturated carbocycles. The number of aliphatic hydroxyl groups excluding tert-OH is 3. The van der Waals surface area contributed by atoms with Crippen LogP contribution in [0.1, 0.15) is 11.3 Å². The maximum absolute atomic E-state index is 11.6. The molecule has 0 amide bonds. The molecule has 0 fully saturated rings. The van der Waals surface area contributed by atoms with Crippen LogP contribution < -0.4 is 10.7 Å². The van der Waals surface area contributed by atoms with Gasteiger partial charge in [0.25, 0.3) is 0 Å². The zero-order valence-electron chi connectivity index (χ0n) is 10.5. The molecule has 0 unspecified atom stereocenters. The van der Waals surface area contributed by atoms with E-state index in [4.69, 9.17) is 10.2 Å². The third-order valence-electron chi connectivity index (χ3n) is 3.34. The van der Waals surface area contributed by atoms with Crippen molar-refractivity contribution >= 4 is 5.57 Å². The van der Waals surface area contributed by atoms with Crippen molar-refractivity contribution < 1.29 is 15.3 Å². The first kappa shape index (κ1) is 14.0. The highest BCUT2D eigenvalue weighted by Gasteiger charge is 2.20. The highest BCUT2D eigenvalue weighted by molar-refractivity contribution is 5.71. The van der Waals surface area contributed by atoms with Gasteiger partial charge in [-0.05, 0) is 12.0 Å². The summed E-state index contributed by atoms with van der Waals surface area (Å²) < 4.78 is 0. The summed E-state index contributed by atoms with van der Waals surface area (Å²) in [5.41, 5.74) is 2.48.